The number of imidazole rings is 1. The van der Waals surface area contributed by atoms with Crippen LogP contribution in [-0.2, 0) is 24.4 Å². The van der Waals surface area contributed by atoms with E-state index in [2.05, 4.69) is 27.0 Å². The van der Waals surface area contributed by atoms with Crippen molar-refractivity contribution < 1.29 is 4.79 Å². The molecular weight excluding hydrogens is 398 g/mol. The number of amides is 1. The van der Waals surface area contributed by atoms with Gasteiger partial charge >= 0.3 is 5.69 Å². The molecule has 3 heterocycles. The van der Waals surface area contributed by atoms with Gasteiger partial charge in [-0.25, -0.2) is 9.78 Å². The Hall–Kier alpha value is -2.46. The fourth-order valence-corrected chi connectivity index (χ4v) is 4.08. The zero-order valence-electron chi connectivity index (χ0n) is 19.1. The summed E-state index contributed by atoms with van der Waals surface area (Å²) < 4.78 is 3.50. The van der Waals surface area contributed by atoms with Crippen LogP contribution in [0.1, 0.15) is 46.4 Å². The van der Waals surface area contributed by atoms with Crippen molar-refractivity contribution in [1.82, 2.24) is 34.2 Å². The van der Waals surface area contributed by atoms with Gasteiger partial charge in [0.15, 0.2) is 11.2 Å². The van der Waals surface area contributed by atoms with E-state index in [1.165, 1.54) is 0 Å². The number of fused-ring (bicyclic) bond motifs is 1. The highest BCUT2D eigenvalue weighted by Crippen LogP contribution is 2.15. The maximum atomic E-state index is 12.5. The summed E-state index contributed by atoms with van der Waals surface area (Å²) >= 11 is 0. The van der Waals surface area contributed by atoms with E-state index in [1.807, 2.05) is 25.3 Å². The van der Waals surface area contributed by atoms with Crippen LogP contribution in [-0.4, -0.2) is 73.6 Å². The van der Waals surface area contributed by atoms with E-state index in [4.69, 9.17) is 4.98 Å². The Balaban J connectivity index is 1.75. The lowest BCUT2D eigenvalue weighted by atomic mass is 10.3. The molecule has 2 aromatic heterocycles. The third-order valence-electron chi connectivity index (χ3n) is 5.66. The smallest absolute Gasteiger partial charge is 0.330 e. The minimum atomic E-state index is -0.397. The highest BCUT2D eigenvalue weighted by atomic mass is 16.2. The third-order valence-corrected chi connectivity index (χ3v) is 5.66. The van der Waals surface area contributed by atoms with Crippen LogP contribution in [0.5, 0.6) is 0 Å². The summed E-state index contributed by atoms with van der Waals surface area (Å²) in [5.41, 5.74) is 0.168. The van der Waals surface area contributed by atoms with Crippen LogP contribution >= 0.6 is 0 Å². The number of carbonyl (C=O) groups excluding carboxylic acids is 1. The first-order chi connectivity index (χ1) is 14.8. The molecule has 10 heteroatoms. The molecule has 10 nitrogen and oxygen atoms in total. The van der Waals surface area contributed by atoms with Gasteiger partial charge in [0.05, 0.1) is 13.1 Å². The molecule has 1 aliphatic heterocycles. The van der Waals surface area contributed by atoms with Crippen LogP contribution in [0.15, 0.2) is 9.59 Å². The van der Waals surface area contributed by atoms with Crippen molar-refractivity contribution >= 4 is 17.1 Å². The lowest BCUT2D eigenvalue weighted by Gasteiger charge is -2.34. The molecule has 1 amide bonds. The normalized spacial score (nSPS) is 15.8. The standard InChI is InChI=1S/C21H35N7O3/c1-5-7-8-28-19-18(20(30)24-21(28)31)27(6-2)16(23-19)13-25-9-11-26(12-10-25)14-17(29)22-15(3)4/h15H,5-14H2,1-4H3,(H,22,29)(H,24,30,31). The Morgan fingerprint density at radius 1 is 1.10 bits per heavy atom. The molecular formula is C21H35N7O3. The van der Waals surface area contributed by atoms with E-state index in [9.17, 15) is 14.4 Å². The van der Waals surface area contributed by atoms with Crippen molar-refractivity contribution in [2.45, 2.75) is 66.2 Å². The van der Waals surface area contributed by atoms with Gasteiger partial charge in [0.1, 0.15) is 5.82 Å². The average molecular weight is 434 g/mol. The van der Waals surface area contributed by atoms with Gasteiger partial charge in [-0.1, -0.05) is 13.3 Å². The van der Waals surface area contributed by atoms with E-state index in [-0.39, 0.29) is 17.5 Å². The molecule has 0 aromatic carbocycles. The Kier molecular flexibility index (Phi) is 7.66. The number of piperazine rings is 1. The molecule has 0 spiro atoms. The Bertz CT molecular complexity index is 1010. The number of aromatic amines is 1. The molecule has 0 unspecified atom stereocenters. The van der Waals surface area contributed by atoms with E-state index in [0.717, 1.165) is 44.8 Å². The predicted molar refractivity (Wildman–Crippen MR) is 120 cm³/mol. The number of aromatic nitrogens is 4. The molecule has 0 atom stereocenters. The van der Waals surface area contributed by atoms with Gasteiger partial charge in [-0.3, -0.25) is 28.9 Å². The van der Waals surface area contributed by atoms with Gasteiger partial charge in [-0.05, 0) is 27.2 Å². The van der Waals surface area contributed by atoms with Crippen molar-refractivity contribution in [3.63, 3.8) is 0 Å². The van der Waals surface area contributed by atoms with E-state index in [0.29, 0.717) is 37.3 Å². The summed E-state index contributed by atoms with van der Waals surface area (Å²) in [4.78, 5) is 48.5. The van der Waals surface area contributed by atoms with E-state index < -0.39 is 5.69 Å². The van der Waals surface area contributed by atoms with Crippen LogP contribution in [0.4, 0.5) is 0 Å². The average Bonchev–Trinajstić information content (AvgIpc) is 3.07. The first kappa shape index (κ1) is 23.2. The molecule has 0 aliphatic carbocycles. The Morgan fingerprint density at radius 3 is 2.39 bits per heavy atom. The van der Waals surface area contributed by atoms with Gasteiger partial charge in [0.25, 0.3) is 5.56 Å². The van der Waals surface area contributed by atoms with Gasteiger partial charge < -0.3 is 9.88 Å². The van der Waals surface area contributed by atoms with Crippen LogP contribution < -0.4 is 16.6 Å². The number of nitrogens with zero attached hydrogens (tertiary/aromatic N) is 5. The molecule has 0 saturated carbocycles. The lowest BCUT2D eigenvalue weighted by molar-refractivity contribution is -0.123. The molecule has 1 fully saturated rings. The number of nitrogens with one attached hydrogen (secondary N) is 2. The van der Waals surface area contributed by atoms with Crippen LogP contribution in [0, 0.1) is 0 Å². The van der Waals surface area contributed by atoms with Crippen LogP contribution in [0.2, 0.25) is 0 Å². The molecule has 2 aromatic rings. The first-order valence-electron chi connectivity index (χ1n) is 11.3. The second kappa shape index (κ2) is 10.2. The predicted octanol–water partition coefficient (Wildman–Crippen LogP) is 0.349. The van der Waals surface area contributed by atoms with Gasteiger partial charge in [-0.2, -0.15) is 0 Å². The van der Waals surface area contributed by atoms with Gasteiger partial charge in [-0.15, -0.1) is 0 Å². The molecule has 2 N–H and O–H groups in total. The van der Waals surface area contributed by atoms with Gasteiger partial charge in [0, 0.05) is 45.3 Å². The van der Waals surface area contributed by atoms with Gasteiger partial charge in [0.2, 0.25) is 5.91 Å². The fourth-order valence-electron chi connectivity index (χ4n) is 4.08. The number of carbonyl (C=O) groups is 1. The Morgan fingerprint density at radius 2 is 1.77 bits per heavy atom. The molecule has 1 aliphatic rings. The maximum absolute atomic E-state index is 12.5. The zero-order valence-corrected chi connectivity index (χ0v) is 19.1. The number of unbranched alkanes of at least 4 members (excludes halogenated alkanes) is 1. The number of H-pyrrole nitrogens is 1. The van der Waals surface area contributed by atoms with Crippen molar-refractivity contribution in [3.05, 3.63) is 26.7 Å². The summed E-state index contributed by atoms with van der Waals surface area (Å²) in [6.07, 6.45) is 1.80. The van der Waals surface area contributed by atoms with E-state index in [1.54, 1.807) is 4.57 Å². The monoisotopic (exact) mass is 433 g/mol. The molecule has 31 heavy (non-hydrogen) atoms. The number of hydrogen-bond donors (Lipinski definition) is 2. The molecule has 172 valence electrons. The number of hydrogen-bond acceptors (Lipinski definition) is 6. The summed E-state index contributed by atoms with van der Waals surface area (Å²) in [5, 5.41) is 2.93. The Labute approximate surface area is 182 Å². The summed E-state index contributed by atoms with van der Waals surface area (Å²) in [6, 6.07) is 0.147. The second-order valence-corrected chi connectivity index (χ2v) is 8.48. The highest BCUT2D eigenvalue weighted by Gasteiger charge is 2.23. The third kappa shape index (κ3) is 5.43. The molecule has 3 rings (SSSR count). The highest BCUT2D eigenvalue weighted by molar-refractivity contribution is 5.78. The largest absolute Gasteiger partial charge is 0.353 e. The van der Waals surface area contributed by atoms with Crippen molar-refractivity contribution in [3.8, 4) is 0 Å². The SMILES string of the molecule is CCCCn1c(=O)[nH]c(=O)c2c1nc(CN1CCN(CC(=O)NC(C)C)CC1)n2CC. The lowest BCUT2D eigenvalue weighted by Crippen LogP contribution is -2.49. The summed E-state index contributed by atoms with van der Waals surface area (Å²) in [5.74, 6) is 0.852. The quantitative estimate of drug-likeness (QED) is 0.591. The molecule has 0 radical (unpaired) electrons. The van der Waals surface area contributed by atoms with Crippen molar-refractivity contribution in [1.29, 1.82) is 0 Å². The number of rotatable bonds is 9. The fraction of sp³-hybridized carbons (Fsp3) is 0.714. The van der Waals surface area contributed by atoms with E-state index >= 15 is 0 Å². The van der Waals surface area contributed by atoms with Crippen LogP contribution in [0.3, 0.4) is 0 Å². The zero-order chi connectivity index (χ0) is 22.5. The first-order valence-corrected chi connectivity index (χ1v) is 11.3. The van der Waals surface area contributed by atoms with Crippen molar-refractivity contribution in [2.75, 3.05) is 32.7 Å². The minimum absolute atomic E-state index is 0.0560. The molecule has 0 bridgehead atoms. The minimum Gasteiger partial charge on any atom is -0.353 e. The van der Waals surface area contributed by atoms with Crippen molar-refractivity contribution in [2.24, 2.45) is 0 Å². The second-order valence-electron chi connectivity index (χ2n) is 8.48. The van der Waals surface area contributed by atoms with Crippen LogP contribution in [0.25, 0.3) is 11.2 Å². The maximum Gasteiger partial charge on any atom is 0.330 e. The molecule has 1 saturated heterocycles. The topological polar surface area (TPSA) is 108 Å². The summed E-state index contributed by atoms with van der Waals surface area (Å²) in [7, 11) is 0. The number of aryl methyl sites for hydroxylation is 2. The summed E-state index contributed by atoms with van der Waals surface area (Å²) in [6.45, 7) is 13.4.